The van der Waals surface area contributed by atoms with Crippen LogP contribution in [0.15, 0.2) is 69.6 Å². The molecule has 5 aliphatic rings. The second-order valence-electron chi connectivity index (χ2n) is 12.6. The first-order valence-corrected chi connectivity index (χ1v) is 16.3. The average Bonchev–Trinajstić information content (AvgIpc) is 3.27. The van der Waals surface area contributed by atoms with E-state index in [4.69, 9.17) is 0 Å². The van der Waals surface area contributed by atoms with Gasteiger partial charge in [-0.2, -0.15) is 18.1 Å². The van der Waals surface area contributed by atoms with E-state index < -0.39 is 23.6 Å². The van der Waals surface area contributed by atoms with Crippen LogP contribution in [0.5, 0.6) is 0 Å². The van der Waals surface area contributed by atoms with Crippen molar-refractivity contribution in [1.82, 2.24) is 26.4 Å². The summed E-state index contributed by atoms with van der Waals surface area (Å²) in [6.07, 6.45) is 7.10. The van der Waals surface area contributed by atoms with Gasteiger partial charge in [0.25, 0.3) is 5.91 Å². The highest BCUT2D eigenvalue weighted by atomic mass is 32.1. The van der Waals surface area contributed by atoms with Gasteiger partial charge in [-0.25, -0.2) is 0 Å². The molecule has 2 amide bonds. The number of hydrogen-bond donors (Lipinski definition) is 8. The van der Waals surface area contributed by atoms with Gasteiger partial charge < -0.3 is 31.3 Å². The number of nitrogens with one attached hydrogen (secondary N) is 4. The molecule has 2 unspecified atom stereocenters. The van der Waals surface area contributed by atoms with E-state index >= 15 is 0 Å². The van der Waals surface area contributed by atoms with Crippen molar-refractivity contribution in [2.45, 2.75) is 83.1 Å². The Morgan fingerprint density at radius 2 is 1.76 bits per heavy atom. The summed E-state index contributed by atoms with van der Waals surface area (Å²) < 4.78 is 0. The van der Waals surface area contributed by atoms with Gasteiger partial charge in [-0.3, -0.25) is 24.2 Å². The quantitative estimate of drug-likeness (QED) is 0.102. The van der Waals surface area contributed by atoms with Gasteiger partial charge in [-0.05, 0) is 91.2 Å². The van der Waals surface area contributed by atoms with Crippen LogP contribution < -0.4 is 21.4 Å². The first kappa shape index (κ1) is 33.6. The molecule has 248 valence electrons. The largest absolute Gasteiger partial charge is 0.481 e. The zero-order chi connectivity index (χ0) is 33.5. The van der Waals surface area contributed by atoms with Gasteiger partial charge in [-0.15, -0.1) is 0 Å². The zero-order valence-electron chi connectivity index (χ0n) is 26.4. The van der Waals surface area contributed by atoms with E-state index in [1.54, 1.807) is 0 Å². The maximum atomic E-state index is 12.6. The standard InChI is InChI=1S/C33H43N5O7S/c1-5-19-22(15-39)25(36-32(19)45)12-24-16(2)20(6-8-29(40)41)27(34-24)14-33-23(7-9-30(42)43)18(4)28(38(33)37-33)13-26-21(10-11-46)17(3)31(44)35-26/h5,13-14,17,21,24-26,34,37,39,46H,1,6-12,15H2,2-4H3,(H,35,44)(H,36,45)(H,40,41)(H,42,43)/b27-14-,28-13+/t17-,21-,24?,25-,26?,33-,38?/m1/s1. The smallest absolute Gasteiger partial charge is 0.303 e. The number of thiol groups is 1. The number of hydrazine groups is 1. The fraction of sp³-hybridized carbons (Fsp3) is 0.515. The predicted octanol–water partition coefficient (Wildman–Crippen LogP) is 2.05. The highest BCUT2D eigenvalue weighted by Gasteiger charge is 2.60. The van der Waals surface area contributed by atoms with E-state index in [-0.39, 0.29) is 61.6 Å². The molecule has 13 heteroatoms. The minimum atomic E-state index is -0.927. The van der Waals surface area contributed by atoms with Crippen LogP contribution in [0.1, 0.15) is 59.3 Å². The highest BCUT2D eigenvalue weighted by Crippen LogP contribution is 2.52. The summed E-state index contributed by atoms with van der Waals surface area (Å²) in [5.41, 5.74) is 8.77. The maximum Gasteiger partial charge on any atom is 0.303 e. The van der Waals surface area contributed by atoms with E-state index in [9.17, 15) is 34.5 Å². The number of fused-ring (bicyclic) bond motifs is 1. The van der Waals surface area contributed by atoms with Gasteiger partial charge >= 0.3 is 11.9 Å². The van der Waals surface area contributed by atoms with Gasteiger partial charge in [0.2, 0.25) is 5.91 Å². The normalized spacial score (nSPS) is 32.0. The van der Waals surface area contributed by atoms with Gasteiger partial charge in [0.05, 0.1) is 24.4 Å². The highest BCUT2D eigenvalue weighted by molar-refractivity contribution is 7.80. The summed E-state index contributed by atoms with van der Waals surface area (Å²) in [4.78, 5) is 48.4. The third-order valence-electron chi connectivity index (χ3n) is 10.1. The average molecular weight is 654 g/mol. The molecule has 2 saturated heterocycles. The lowest BCUT2D eigenvalue weighted by Crippen LogP contribution is -2.37. The molecule has 5 heterocycles. The first-order chi connectivity index (χ1) is 21.9. The number of allylic oxidation sites excluding steroid dienone is 2. The summed E-state index contributed by atoms with van der Waals surface area (Å²) >= 11 is 4.41. The molecule has 12 nitrogen and oxygen atoms in total. The molecular formula is C33H43N5O7S. The maximum absolute atomic E-state index is 12.6. The van der Waals surface area contributed by atoms with Gasteiger partial charge in [0.1, 0.15) is 0 Å². The second kappa shape index (κ2) is 13.1. The van der Waals surface area contributed by atoms with E-state index in [0.717, 1.165) is 40.1 Å². The monoisotopic (exact) mass is 653 g/mol. The number of carbonyl (C=O) groups is 4. The third kappa shape index (κ3) is 6.03. The number of nitrogens with zero attached hydrogens (tertiary/aromatic N) is 1. The summed E-state index contributed by atoms with van der Waals surface area (Å²) in [7, 11) is 0. The lowest BCUT2D eigenvalue weighted by molar-refractivity contribution is -0.138. The number of aliphatic hydroxyl groups is 1. The molecule has 0 aliphatic carbocycles. The molecule has 5 rings (SSSR count). The molecule has 0 aromatic rings. The van der Waals surface area contributed by atoms with Crippen molar-refractivity contribution in [2.75, 3.05) is 12.4 Å². The van der Waals surface area contributed by atoms with Gasteiger partial charge in [0.15, 0.2) is 5.66 Å². The van der Waals surface area contributed by atoms with Crippen LogP contribution in [0.4, 0.5) is 0 Å². The summed E-state index contributed by atoms with van der Waals surface area (Å²) in [6, 6.07) is -0.879. The number of aliphatic carboxylic acids is 2. The molecule has 0 aromatic heterocycles. The summed E-state index contributed by atoms with van der Waals surface area (Å²) in [6.45, 7) is 9.24. The zero-order valence-corrected chi connectivity index (χ0v) is 27.2. The van der Waals surface area contributed by atoms with Crippen molar-refractivity contribution in [3.63, 3.8) is 0 Å². The second-order valence-corrected chi connectivity index (χ2v) is 13.1. The molecule has 5 aliphatic heterocycles. The van der Waals surface area contributed by atoms with Crippen LogP contribution in [-0.4, -0.2) is 80.2 Å². The number of amides is 2. The van der Waals surface area contributed by atoms with Gasteiger partial charge in [0, 0.05) is 36.1 Å². The van der Waals surface area contributed by atoms with Crippen LogP contribution in [-0.2, 0) is 19.2 Å². The van der Waals surface area contributed by atoms with Crippen molar-refractivity contribution in [3.8, 4) is 0 Å². The fourth-order valence-corrected chi connectivity index (χ4v) is 7.78. The van der Waals surface area contributed by atoms with Crippen molar-refractivity contribution in [2.24, 2.45) is 11.8 Å². The van der Waals surface area contributed by atoms with Crippen LogP contribution in [0.25, 0.3) is 0 Å². The minimum absolute atomic E-state index is 0.00533. The summed E-state index contributed by atoms with van der Waals surface area (Å²) in [5.74, 6) is -1.58. The number of carboxylic acids is 2. The number of aliphatic hydroxyl groups excluding tert-OH is 1. The SMILES string of the molecule is C=CC1=C(CO)[C@@H](CC2N/C(=C\[C@@]34NN3/C(=C/C3NC(=O)[C@H](C)[C@H]3CCS)C(C)=C4CCC(=O)O)C(CCC(=O)O)=C2C)NC1=O. The lowest BCUT2D eigenvalue weighted by Gasteiger charge is -2.21. The first-order valence-electron chi connectivity index (χ1n) is 15.7. The van der Waals surface area contributed by atoms with Crippen molar-refractivity contribution in [1.29, 1.82) is 0 Å². The van der Waals surface area contributed by atoms with E-state index in [1.807, 2.05) is 37.9 Å². The molecule has 0 spiro atoms. The Kier molecular flexibility index (Phi) is 9.57. The molecule has 0 saturated carbocycles. The Morgan fingerprint density at radius 1 is 1.07 bits per heavy atom. The Labute approximate surface area is 273 Å². The number of hydrogen-bond acceptors (Lipinski definition) is 9. The Hall–Kier alpha value is -3.81. The molecule has 46 heavy (non-hydrogen) atoms. The molecule has 0 bridgehead atoms. The number of rotatable bonds is 14. The minimum Gasteiger partial charge on any atom is -0.481 e. The Bertz CT molecular complexity index is 1530. The number of carboxylic acid groups (broad SMARTS) is 2. The lowest BCUT2D eigenvalue weighted by atomic mass is 9.88. The Balaban J connectivity index is 1.50. The van der Waals surface area contributed by atoms with Crippen LogP contribution in [0.3, 0.4) is 0 Å². The molecule has 6 atom stereocenters. The number of carbonyl (C=O) groups excluding carboxylic acids is 2. The molecule has 7 N–H and O–H groups in total. The third-order valence-corrected chi connectivity index (χ3v) is 10.4. The van der Waals surface area contributed by atoms with Gasteiger partial charge in [-0.1, -0.05) is 19.6 Å². The van der Waals surface area contributed by atoms with Crippen molar-refractivity contribution < 1.29 is 34.5 Å². The predicted molar refractivity (Wildman–Crippen MR) is 174 cm³/mol. The Morgan fingerprint density at radius 3 is 2.39 bits per heavy atom. The van der Waals surface area contributed by atoms with Crippen molar-refractivity contribution in [3.05, 3.63) is 69.6 Å². The molecular weight excluding hydrogens is 610 g/mol. The molecule has 2 fully saturated rings. The van der Waals surface area contributed by atoms with Crippen LogP contribution >= 0.6 is 12.6 Å². The molecule has 0 radical (unpaired) electrons. The van der Waals surface area contributed by atoms with E-state index in [1.165, 1.54) is 6.08 Å². The van der Waals surface area contributed by atoms with Crippen molar-refractivity contribution >= 4 is 36.4 Å². The van der Waals surface area contributed by atoms with E-state index in [2.05, 4.69) is 40.6 Å². The van der Waals surface area contributed by atoms with Crippen LogP contribution in [0.2, 0.25) is 0 Å². The van der Waals surface area contributed by atoms with Crippen LogP contribution in [0, 0.1) is 11.8 Å². The fourth-order valence-electron chi connectivity index (χ4n) is 7.48. The topological polar surface area (TPSA) is 190 Å². The summed E-state index contributed by atoms with van der Waals surface area (Å²) in [5, 5.41) is 40.7. The molecule has 0 aromatic carbocycles. The van der Waals surface area contributed by atoms with E-state index in [0.29, 0.717) is 29.7 Å².